The van der Waals surface area contributed by atoms with Gasteiger partial charge in [-0.2, -0.15) is 0 Å². The van der Waals surface area contributed by atoms with Gasteiger partial charge in [-0.05, 0) is 44.0 Å². The van der Waals surface area contributed by atoms with E-state index in [1.165, 1.54) is 6.92 Å². The molecule has 1 aromatic carbocycles. The lowest BCUT2D eigenvalue weighted by Crippen LogP contribution is -2.59. The molecule has 0 aliphatic carbocycles. The number of Topliss-reactive ketones (excluding diaryl/α,β-unsaturated/α-hetero) is 1. The molecule has 0 bridgehead atoms. The Morgan fingerprint density at radius 1 is 1.11 bits per heavy atom. The summed E-state index contributed by atoms with van der Waals surface area (Å²) in [5, 5.41) is 9.92. The van der Waals surface area contributed by atoms with Crippen LogP contribution in [0.1, 0.15) is 19.8 Å². The summed E-state index contributed by atoms with van der Waals surface area (Å²) < 4.78 is 5.83. The van der Waals surface area contributed by atoms with Crippen molar-refractivity contribution in [2.75, 3.05) is 18.0 Å². The first-order valence-corrected chi connectivity index (χ1v) is 8.67. The second kappa shape index (κ2) is 8.86. The number of hydrogen-bond donors (Lipinski definition) is 1. The van der Waals surface area contributed by atoms with Gasteiger partial charge in [-0.3, -0.25) is 9.78 Å². The molecule has 7 heteroatoms. The quantitative estimate of drug-likeness (QED) is 0.763. The third-order valence-corrected chi connectivity index (χ3v) is 4.96. The normalized spacial score (nSPS) is 16.7. The smallest absolute Gasteiger partial charge is 0.356 e. The first kappa shape index (κ1) is 20.7. The molecule has 1 atom stereocenters. The highest BCUT2D eigenvalue weighted by Crippen LogP contribution is 2.35. The second-order valence-electron chi connectivity index (χ2n) is 6.48. The van der Waals surface area contributed by atoms with Gasteiger partial charge in [-0.1, -0.05) is 18.2 Å². The van der Waals surface area contributed by atoms with Gasteiger partial charge in [0.1, 0.15) is 5.75 Å². The summed E-state index contributed by atoms with van der Waals surface area (Å²) in [7, 11) is 0. The van der Waals surface area contributed by atoms with E-state index in [0.29, 0.717) is 31.7 Å². The molecule has 1 saturated heterocycles. The number of carboxylic acids is 1. The Balaban J connectivity index is 0.00000261. The van der Waals surface area contributed by atoms with Crippen LogP contribution in [0.25, 0.3) is 0 Å². The van der Waals surface area contributed by atoms with Gasteiger partial charge in [-0.25, -0.2) is 4.79 Å². The number of nitrogens with zero attached hydrogens (tertiary/aromatic N) is 2. The maximum Gasteiger partial charge on any atom is 0.356 e. The van der Waals surface area contributed by atoms with Crippen molar-refractivity contribution in [1.82, 2.24) is 4.98 Å². The number of halogens is 1. The molecule has 0 radical (unpaired) electrons. The SMILES string of the molecule is CC(=O)C(Oc1ccccc1)(C(=O)O)C1CCN(c2ccncc2)CC1.Cl. The second-order valence-corrected chi connectivity index (χ2v) is 6.48. The van der Waals surface area contributed by atoms with Crippen LogP contribution in [-0.2, 0) is 9.59 Å². The minimum atomic E-state index is -1.86. The number of aliphatic carboxylic acids is 1. The highest BCUT2D eigenvalue weighted by molar-refractivity contribution is 6.06. The number of ketones is 1. The van der Waals surface area contributed by atoms with Gasteiger partial charge in [0.05, 0.1) is 0 Å². The Morgan fingerprint density at radius 3 is 2.22 bits per heavy atom. The number of hydrogen-bond acceptors (Lipinski definition) is 5. The minimum Gasteiger partial charge on any atom is -0.478 e. The molecule has 0 saturated carbocycles. The lowest BCUT2D eigenvalue weighted by Gasteiger charge is -2.41. The molecule has 0 amide bonds. The van der Waals surface area contributed by atoms with Gasteiger partial charge in [0, 0.05) is 37.1 Å². The summed E-state index contributed by atoms with van der Waals surface area (Å²) in [6.45, 7) is 2.62. The third kappa shape index (κ3) is 4.22. The number of benzene rings is 1. The van der Waals surface area contributed by atoms with Crippen LogP contribution >= 0.6 is 12.4 Å². The molecule has 144 valence electrons. The Bertz CT molecular complexity index is 748. The van der Waals surface area contributed by atoms with E-state index in [4.69, 9.17) is 4.74 Å². The molecule has 1 unspecified atom stereocenters. The van der Waals surface area contributed by atoms with Crippen LogP contribution in [0.5, 0.6) is 5.75 Å². The summed E-state index contributed by atoms with van der Waals surface area (Å²) in [5.41, 5.74) is -0.808. The summed E-state index contributed by atoms with van der Waals surface area (Å²) in [5.74, 6) is -1.70. The van der Waals surface area contributed by atoms with Crippen LogP contribution in [0.3, 0.4) is 0 Å². The average molecular weight is 391 g/mol. The average Bonchev–Trinajstić information content (AvgIpc) is 2.67. The number of rotatable bonds is 6. The van der Waals surface area contributed by atoms with Gasteiger partial charge in [0.2, 0.25) is 0 Å². The fourth-order valence-corrected chi connectivity index (χ4v) is 3.59. The monoisotopic (exact) mass is 390 g/mol. The minimum absolute atomic E-state index is 0. The third-order valence-electron chi connectivity index (χ3n) is 4.96. The van der Waals surface area contributed by atoms with Crippen LogP contribution in [0, 0.1) is 5.92 Å². The van der Waals surface area contributed by atoms with E-state index in [1.54, 1.807) is 36.7 Å². The molecule has 0 spiro atoms. The number of piperidine rings is 1. The van der Waals surface area contributed by atoms with Crippen molar-refractivity contribution in [3.63, 3.8) is 0 Å². The van der Waals surface area contributed by atoms with Crippen LogP contribution in [-0.4, -0.2) is 40.5 Å². The molecule has 2 aromatic rings. The van der Waals surface area contributed by atoms with E-state index in [9.17, 15) is 14.7 Å². The number of para-hydroxylation sites is 1. The number of aromatic nitrogens is 1. The predicted molar refractivity (Wildman–Crippen MR) is 105 cm³/mol. The maximum atomic E-state index is 12.4. The Hall–Kier alpha value is -2.60. The first-order valence-electron chi connectivity index (χ1n) is 8.67. The number of pyridine rings is 1. The van der Waals surface area contributed by atoms with Crippen molar-refractivity contribution in [1.29, 1.82) is 0 Å². The van der Waals surface area contributed by atoms with Crippen LogP contribution < -0.4 is 9.64 Å². The number of carboxylic acid groups (broad SMARTS) is 1. The van der Waals surface area contributed by atoms with Crippen LogP contribution in [0.15, 0.2) is 54.9 Å². The number of carbonyl (C=O) groups excluding carboxylic acids is 1. The van der Waals surface area contributed by atoms with E-state index >= 15 is 0 Å². The van der Waals surface area contributed by atoms with Crippen molar-refractivity contribution in [3.05, 3.63) is 54.9 Å². The van der Waals surface area contributed by atoms with Gasteiger partial charge < -0.3 is 14.7 Å². The van der Waals surface area contributed by atoms with E-state index in [2.05, 4.69) is 9.88 Å². The molecule has 27 heavy (non-hydrogen) atoms. The van der Waals surface area contributed by atoms with E-state index in [-0.39, 0.29) is 12.4 Å². The van der Waals surface area contributed by atoms with Crippen molar-refractivity contribution >= 4 is 29.8 Å². The van der Waals surface area contributed by atoms with Crippen molar-refractivity contribution in [3.8, 4) is 5.75 Å². The number of carbonyl (C=O) groups is 2. The van der Waals surface area contributed by atoms with Crippen molar-refractivity contribution in [2.24, 2.45) is 5.92 Å². The molecule has 1 aromatic heterocycles. The van der Waals surface area contributed by atoms with Gasteiger partial charge >= 0.3 is 5.97 Å². The first-order chi connectivity index (χ1) is 12.5. The highest BCUT2D eigenvalue weighted by atomic mass is 35.5. The summed E-state index contributed by atoms with van der Waals surface area (Å²) in [4.78, 5) is 30.8. The fraction of sp³-hybridized carbons (Fsp3) is 0.350. The summed E-state index contributed by atoms with van der Waals surface area (Å²) in [6, 6.07) is 12.5. The molecule has 1 aliphatic rings. The standard InChI is InChI=1S/C20H22N2O4.ClH/c1-15(23)20(19(24)25,26-18-5-3-2-4-6-18)16-9-13-22(14-10-16)17-7-11-21-12-8-17;/h2-8,11-12,16H,9-10,13-14H2,1H3,(H,24,25);1H. The molecule has 1 fully saturated rings. The summed E-state index contributed by atoms with van der Waals surface area (Å²) >= 11 is 0. The molecule has 6 nitrogen and oxygen atoms in total. The van der Waals surface area contributed by atoms with Crippen LogP contribution in [0.2, 0.25) is 0 Å². The van der Waals surface area contributed by atoms with E-state index in [0.717, 1.165) is 5.69 Å². The maximum absolute atomic E-state index is 12.4. The van der Waals surface area contributed by atoms with Crippen molar-refractivity contribution in [2.45, 2.75) is 25.4 Å². The van der Waals surface area contributed by atoms with Crippen molar-refractivity contribution < 1.29 is 19.4 Å². The van der Waals surface area contributed by atoms with Crippen LogP contribution in [0.4, 0.5) is 5.69 Å². The molecule has 3 rings (SSSR count). The zero-order valence-corrected chi connectivity index (χ0v) is 15.9. The van der Waals surface area contributed by atoms with E-state index < -0.39 is 23.3 Å². The lowest BCUT2D eigenvalue weighted by atomic mass is 9.77. The van der Waals surface area contributed by atoms with Gasteiger partial charge in [-0.15, -0.1) is 12.4 Å². The number of anilines is 1. The predicted octanol–water partition coefficient (Wildman–Crippen LogP) is 3.21. The molecular formula is C20H23ClN2O4. The Kier molecular flexibility index (Phi) is 6.80. The highest BCUT2D eigenvalue weighted by Gasteiger charge is 2.53. The van der Waals surface area contributed by atoms with E-state index in [1.807, 2.05) is 18.2 Å². The van der Waals surface area contributed by atoms with Gasteiger partial charge in [0.15, 0.2) is 5.78 Å². The molecular weight excluding hydrogens is 368 g/mol. The Morgan fingerprint density at radius 2 is 1.70 bits per heavy atom. The topological polar surface area (TPSA) is 79.7 Å². The van der Waals surface area contributed by atoms with Gasteiger partial charge in [0.25, 0.3) is 5.60 Å². The Labute approximate surface area is 164 Å². The summed E-state index contributed by atoms with van der Waals surface area (Å²) in [6.07, 6.45) is 4.58. The number of ether oxygens (including phenoxy) is 1. The molecule has 2 heterocycles. The largest absolute Gasteiger partial charge is 0.478 e. The fourth-order valence-electron chi connectivity index (χ4n) is 3.59. The zero-order chi connectivity index (χ0) is 18.6. The zero-order valence-electron chi connectivity index (χ0n) is 15.1. The molecule has 1 aliphatic heterocycles. The lowest BCUT2D eigenvalue weighted by molar-refractivity contribution is -0.167. The molecule has 1 N–H and O–H groups in total.